The summed E-state index contributed by atoms with van der Waals surface area (Å²) in [6, 6.07) is 0. The molecule has 18 heavy (non-hydrogen) atoms. The highest BCUT2D eigenvalue weighted by Crippen LogP contribution is 2.23. The van der Waals surface area contributed by atoms with E-state index in [0.29, 0.717) is 0 Å². The van der Waals surface area contributed by atoms with E-state index in [1.54, 1.807) is 12.7 Å². The summed E-state index contributed by atoms with van der Waals surface area (Å²) in [5, 5.41) is 0. The van der Waals surface area contributed by atoms with Crippen molar-refractivity contribution in [3.05, 3.63) is 36.5 Å². The number of hydrogen-bond donors (Lipinski definition) is 0. The van der Waals surface area contributed by atoms with E-state index in [9.17, 15) is 0 Å². The van der Waals surface area contributed by atoms with Crippen molar-refractivity contribution in [3.63, 3.8) is 0 Å². The van der Waals surface area contributed by atoms with Gasteiger partial charge in [0.1, 0.15) is 0 Å². The Morgan fingerprint density at radius 2 is 1.56 bits per heavy atom. The minimum absolute atomic E-state index is 0.804. The van der Waals surface area contributed by atoms with Gasteiger partial charge in [0.05, 0.1) is 0 Å². The molecule has 0 radical (unpaired) electrons. The van der Waals surface area contributed by atoms with Gasteiger partial charge < -0.3 is 4.74 Å². The smallest absolute Gasteiger partial charge is 0.0499 e. The number of hydrogen-bond acceptors (Lipinski definition) is 1. The predicted octanol–water partition coefficient (Wildman–Crippen LogP) is 5.44. The first kappa shape index (κ1) is 17.2. The first-order valence-electron chi connectivity index (χ1n) is 7.20. The standard InChI is InChI=1S/C17H30O/c1-5-8-9-10-13-16(11-6-2)17(12-7-3)14-15-18-4/h6-7H,2-3,5,8-15H2,1,4H3/b17-16-. The van der Waals surface area contributed by atoms with Crippen LogP contribution in [-0.2, 0) is 4.74 Å². The lowest BCUT2D eigenvalue weighted by molar-refractivity contribution is 0.201. The maximum Gasteiger partial charge on any atom is 0.0499 e. The molecule has 0 aliphatic rings. The van der Waals surface area contributed by atoms with Gasteiger partial charge in [-0.1, -0.05) is 49.5 Å². The van der Waals surface area contributed by atoms with Crippen LogP contribution in [0.15, 0.2) is 36.5 Å². The Kier molecular flexibility index (Phi) is 12.1. The van der Waals surface area contributed by atoms with E-state index in [1.165, 1.54) is 37.7 Å². The molecule has 0 unspecified atom stereocenters. The number of allylic oxidation sites excluding steroid dienone is 3. The van der Waals surface area contributed by atoms with E-state index in [4.69, 9.17) is 4.74 Å². The van der Waals surface area contributed by atoms with Crippen molar-refractivity contribution in [2.24, 2.45) is 0 Å². The molecular weight excluding hydrogens is 220 g/mol. The minimum atomic E-state index is 0.804. The van der Waals surface area contributed by atoms with E-state index < -0.39 is 0 Å². The fourth-order valence-corrected chi connectivity index (χ4v) is 2.19. The van der Waals surface area contributed by atoms with Crippen LogP contribution in [0.1, 0.15) is 58.3 Å². The third-order valence-corrected chi connectivity index (χ3v) is 3.22. The molecule has 0 aromatic carbocycles. The summed E-state index contributed by atoms with van der Waals surface area (Å²) in [4.78, 5) is 0. The third-order valence-electron chi connectivity index (χ3n) is 3.22. The van der Waals surface area contributed by atoms with Crippen LogP contribution in [0.25, 0.3) is 0 Å². The Labute approximate surface area is 114 Å². The minimum Gasteiger partial charge on any atom is -0.384 e. The van der Waals surface area contributed by atoms with Gasteiger partial charge in [0.25, 0.3) is 0 Å². The van der Waals surface area contributed by atoms with Crippen LogP contribution >= 0.6 is 0 Å². The Morgan fingerprint density at radius 1 is 0.944 bits per heavy atom. The van der Waals surface area contributed by atoms with Crippen LogP contribution < -0.4 is 0 Å². The molecule has 0 aromatic rings. The van der Waals surface area contributed by atoms with Crippen molar-refractivity contribution in [1.82, 2.24) is 0 Å². The van der Waals surface area contributed by atoms with E-state index >= 15 is 0 Å². The maximum atomic E-state index is 5.20. The summed E-state index contributed by atoms with van der Waals surface area (Å²) < 4.78 is 5.20. The van der Waals surface area contributed by atoms with E-state index in [1.807, 2.05) is 12.2 Å². The SMILES string of the molecule is C=CC/C(CCCCCC)=C(\CC=C)CCOC. The number of ether oxygens (including phenoxy) is 1. The summed E-state index contributed by atoms with van der Waals surface area (Å²) in [6.07, 6.45) is 13.5. The zero-order valence-electron chi connectivity index (χ0n) is 12.3. The van der Waals surface area contributed by atoms with Gasteiger partial charge in [0, 0.05) is 13.7 Å². The largest absolute Gasteiger partial charge is 0.384 e. The zero-order valence-corrected chi connectivity index (χ0v) is 12.3. The second-order valence-corrected chi connectivity index (χ2v) is 4.75. The van der Waals surface area contributed by atoms with E-state index in [0.717, 1.165) is 25.9 Å². The molecule has 0 saturated heterocycles. The van der Waals surface area contributed by atoms with Gasteiger partial charge in [0.2, 0.25) is 0 Å². The van der Waals surface area contributed by atoms with Crippen molar-refractivity contribution >= 4 is 0 Å². The molecule has 0 amide bonds. The molecule has 0 saturated carbocycles. The van der Waals surface area contributed by atoms with Crippen LogP contribution in [0.4, 0.5) is 0 Å². The third kappa shape index (κ3) is 8.30. The van der Waals surface area contributed by atoms with Gasteiger partial charge in [-0.2, -0.15) is 0 Å². The molecule has 104 valence electrons. The Balaban J connectivity index is 4.49. The molecule has 1 nitrogen and oxygen atoms in total. The van der Waals surface area contributed by atoms with Gasteiger partial charge in [0.15, 0.2) is 0 Å². The Morgan fingerprint density at radius 3 is 2.06 bits per heavy atom. The molecule has 0 fully saturated rings. The average molecular weight is 250 g/mol. The molecular formula is C17H30O. The molecule has 0 aliphatic heterocycles. The normalized spacial score (nSPS) is 12.1. The fourth-order valence-electron chi connectivity index (χ4n) is 2.19. The lowest BCUT2D eigenvalue weighted by atomic mass is 9.94. The fraction of sp³-hybridized carbons (Fsp3) is 0.647. The molecule has 0 heterocycles. The quantitative estimate of drug-likeness (QED) is 0.331. The van der Waals surface area contributed by atoms with Crippen LogP contribution in [-0.4, -0.2) is 13.7 Å². The molecule has 0 rings (SSSR count). The van der Waals surface area contributed by atoms with Gasteiger partial charge in [-0.05, 0) is 32.1 Å². The van der Waals surface area contributed by atoms with Crippen molar-refractivity contribution < 1.29 is 4.74 Å². The van der Waals surface area contributed by atoms with Gasteiger partial charge in [-0.25, -0.2) is 0 Å². The van der Waals surface area contributed by atoms with E-state index in [2.05, 4.69) is 20.1 Å². The second kappa shape index (κ2) is 12.6. The molecule has 1 heteroatoms. The van der Waals surface area contributed by atoms with Crippen molar-refractivity contribution in [1.29, 1.82) is 0 Å². The van der Waals surface area contributed by atoms with Gasteiger partial charge in [-0.15, -0.1) is 13.2 Å². The number of unbranched alkanes of at least 4 members (excludes halogenated alkanes) is 3. The summed E-state index contributed by atoms with van der Waals surface area (Å²) in [5.74, 6) is 0. The first-order chi connectivity index (χ1) is 8.79. The summed E-state index contributed by atoms with van der Waals surface area (Å²) in [6.45, 7) is 10.8. The molecule has 0 spiro atoms. The van der Waals surface area contributed by atoms with Crippen molar-refractivity contribution in [2.75, 3.05) is 13.7 Å². The molecule has 0 aliphatic carbocycles. The predicted molar refractivity (Wildman–Crippen MR) is 81.9 cm³/mol. The molecule has 0 atom stereocenters. The molecule has 0 N–H and O–H groups in total. The van der Waals surface area contributed by atoms with Crippen LogP contribution in [0.3, 0.4) is 0 Å². The van der Waals surface area contributed by atoms with Crippen LogP contribution in [0.2, 0.25) is 0 Å². The van der Waals surface area contributed by atoms with Crippen molar-refractivity contribution in [3.8, 4) is 0 Å². The average Bonchev–Trinajstić information content (AvgIpc) is 2.38. The molecule has 0 bridgehead atoms. The van der Waals surface area contributed by atoms with Gasteiger partial charge >= 0.3 is 0 Å². The maximum absolute atomic E-state index is 5.20. The topological polar surface area (TPSA) is 9.23 Å². The first-order valence-corrected chi connectivity index (χ1v) is 7.20. The number of rotatable bonds is 12. The zero-order chi connectivity index (χ0) is 13.6. The Hall–Kier alpha value is -0.820. The second-order valence-electron chi connectivity index (χ2n) is 4.75. The molecule has 0 aromatic heterocycles. The highest BCUT2D eigenvalue weighted by Gasteiger charge is 2.05. The summed E-state index contributed by atoms with van der Waals surface area (Å²) in [5.41, 5.74) is 3.06. The van der Waals surface area contributed by atoms with Gasteiger partial charge in [-0.3, -0.25) is 0 Å². The van der Waals surface area contributed by atoms with Crippen LogP contribution in [0.5, 0.6) is 0 Å². The highest BCUT2D eigenvalue weighted by molar-refractivity contribution is 5.19. The van der Waals surface area contributed by atoms with Crippen molar-refractivity contribution in [2.45, 2.75) is 58.3 Å². The lowest BCUT2D eigenvalue weighted by Gasteiger charge is -2.13. The summed E-state index contributed by atoms with van der Waals surface area (Å²) >= 11 is 0. The highest BCUT2D eigenvalue weighted by atomic mass is 16.5. The summed E-state index contributed by atoms with van der Waals surface area (Å²) in [7, 11) is 1.76. The Bertz CT molecular complexity index is 250. The lowest BCUT2D eigenvalue weighted by Crippen LogP contribution is -1.97. The monoisotopic (exact) mass is 250 g/mol. The van der Waals surface area contributed by atoms with Crippen LogP contribution in [0, 0.1) is 0 Å². The van der Waals surface area contributed by atoms with E-state index in [-0.39, 0.29) is 0 Å². The number of methoxy groups -OCH3 is 1.